The average molecular weight is 377 g/mol. The molecule has 1 fully saturated rings. The number of aromatic nitrogens is 3. The Morgan fingerprint density at radius 1 is 1.19 bits per heavy atom. The maximum Gasteiger partial charge on any atom is 0.251 e. The first-order chi connectivity index (χ1) is 12.5. The van der Waals surface area contributed by atoms with E-state index >= 15 is 0 Å². The van der Waals surface area contributed by atoms with Gasteiger partial charge in [0.1, 0.15) is 12.7 Å². The summed E-state index contributed by atoms with van der Waals surface area (Å²) in [6.07, 6.45) is 5.96. The minimum absolute atomic E-state index is 0.0720. The first-order valence-corrected chi connectivity index (χ1v) is 10.3. The smallest absolute Gasteiger partial charge is 0.251 e. The van der Waals surface area contributed by atoms with E-state index in [0.29, 0.717) is 25.2 Å². The molecule has 1 aliphatic heterocycles. The van der Waals surface area contributed by atoms with Crippen LogP contribution in [0, 0.1) is 0 Å². The highest BCUT2D eigenvalue weighted by atomic mass is 32.2. The van der Waals surface area contributed by atoms with Crippen LogP contribution in [0.2, 0.25) is 0 Å². The molecule has 1 amide bonds. The van der Waals surface area contributed by atoms with Crippen LogP contribution in [0.15, 0.2) is 36.9 Å². The second-order valence-electron chi connectivity index (χ2n) is 6.33. The van der Waals surface area contributed by atoms with Crippen LogP contribution in [0.5, 0.6) is 0 Å². The summed E-state index contributed by atoms with van der Waals surface area (Å²) in [5.41, 5.74) is 1.42. The van der Waals surface area contributed by atoms with Crippen molar-refractivity contribution >= 4 is 15.9 Å². The van der Waals surface area contributed by atoms with E-state index in [1.165, 1.54) is 10.6 Å². The number of piperidine rings is 1. The molecule has 0 spiro atoms. The van der Waals surface area contributed by atoms with Crippen molar-refractivity contribution in [3.05, 3.63) is 48.0 Å². The molecule has 0 aliphatic carbocycles. The molecule has 140 valence electrons. The van der Waals surface area contributed by atoms with Crippen molar-refractivity contribution < 1.29 is 13.2 Å². The van der Waals surface area contributed by atoms with Crippen molar-refractivity contribution in [1.29, 1.82) is 0 Å². The molecule has 0 bridgehead atoms. The van der Waals surface area contributed by atoms with Gasteiger partial charge in [0, 0.05) is 25.2 Å². The molecule has 3 rings (SSSR count). The van der Waals surface area contributed by atoms with Crippen molar-refractivity contribution in [3.63, 3.8) is 0 Å². The highest BCUT2D eigenvalue weighted by molar-refractivity contribution is 7.89. The van der Waals surface area contributed by atoms with Crippen LogP contribution in [0.4, 0.5) is 0 Å². The number of rotatable bonds is 7. The Bertz CT molecular complexity index is 830. The van der Waals surface area contributed by atoms with Crippen molar-refractivity contribution in [3.8, 4) is 0 Å². The lowest BCUT2D eigenvalue weighted by Crippen LogP contribution is -2.40. The number of hydrogen-bond acceptors (Lipinski definition) is 5. The topological polar surface area (TPSA) is 97.2 Å². The highest BCUT2D eigenvalue weighted by Crippen LogP contribution is 2.13. The molecular formula is C17H23N5O3S. The van der Waals surface area contributed by atoms with E-state index in [4.69, 9.17) is 0 Å². The number of amides is 1. The molecule has 26 heavy (non-hydrogen) atoms. The van der Waals surface area contributed by atoms with Gasteiger partial charge in [-0.1, -0.05) is 18.6 Å². The third-order valence-corrected chi connectivity index (χ3v) is 6.23. The zero-order chi connectivity index (χ0) is 18.4. The summed E-state index contributed by atoms with van der Waals surface area (Å²) in [6, 6.07) is 7.18. The minimum Gasteiger partial charge on any atom is -0.351 e. The standard InChI is InChI=1S/C17H23N5O3S/c23-17(19-7-10-26(24,25)22-8-2-1-3-9-22)16-6-4-5-15(11-16)12-21-14-18-13-20-21/h4-6,11,13-14H,1-3,7-10,12H2,(H,19,23). The number of hydrogen-bond donors (Lipinski definition) is 1. The van der Waals surface area contributed by atoms with Crippen LogP contribution in [-0.4, -0.2) is 58.8 Å². The second kappa shape index (κ2) is 8.41. The van der Waals surface area contributed by atoms with Gasteiger partial charge in [-0.15, -0.1) is 0 Å². The molecule has 0 radical (unpaired) electrons. The fourth-order valence-corrected chi connectivity index (χ4v) is 4.41. The SMILES string of the molecule is O=C(NCCS(=O)(=O)N1CCCCC1)c1cccc(Cn2cncn2)c1. The zero-order valence-corrected chi connectivity index (χ0v) is 15.4. The molecule has 1 N–H and O–H groups in total. The average Bonchev–Trinajstić information content (AvgIpc) is 3.15. The van der Waals surface area contributed by atoms with Gasteiger partial charge in [-0.3, -0.25) is 4.79 Å². The lowest BCUT2D eigenvalue weighted by Gasteiger charge is -2.25. The first-order valence-electron chi connectivity index (χ1n) is 8.72. The summed E-state index contributed by atoms with van der Waals surface area (Å²) in [5, 5.41) is 6.74. The van der Waals surface area contributed by atoms with Crippen LogP contribution >= 0.6 is 0 Å². The van der Waals surface area contributed by atoms with Gasteiger partial charge in [-0.05, 0) is 30.5 Å². The van der Waals surface area contributed by atoms with Crippen molar-refractivity contribution in [1.82, 2.24) is 24.4 Å². The predicted octanol–water partition coefficient (Wildman–Crippen LogP) is 0.872. The Kier molecular flexibility index (Phi) is 6.00. The second-order valence-corrected chi connectivity index (χ2v) is 8.41. The molecular weight excluding hydrogens is 354 g/mol. The fourth-order valence-electron chi connectivity index (χ4n) is 2.98. The van der Waals surface area contributed by atoms with Crippen molar-refractivity contribution in [2.45, 2.75) is 25.8 Å². The van der Waals surface area contributed by atoms with E-state index in [0.717, 1.165) is 24.8 Å². The summed E-state index contributed by atoms with van der Waals surface area (Å²) < 4.78 is 27.8. The molecule has 1 aromatic carbocycles. The van der Waals surface area contributed by atoms with Gasteiger partial charge < -0.3 is 5.32 Å². The van der Waals surface area contributed by atoms with E-state index in [9.17, 15) is 13.2 Å². The van der Waals surface area contributed by atoms with Gasteiger partial charge in [0.2, 0.25) is 10.0 Å². The van der Waals surface area contributed by atoms with Crippen LogP contribution in [0.25, 0.3) is 0 Å². The third-order valence-electron chi connectivity index (χ3n) is 4.35. The quantitative estimate of drug-likeness (QED) is 0.772. The maximum absolute atomic E-state index is 12.3. The van der Waals surface area contributed by atoms with Gasteiger partial charge in [-0.25, -0.2) is 22.4 Å². The van der Waals surface area contributed by atoms with Crippen LogP contribution in [0.3, 0.4) is 0 Å². The minimum atomic E-state index is -3.30. The predicted molar refractivity (Wildman–Crippen MR) is 97.1 cm³/mol. The number of nitrogens with one attached hydrogen (secondary N) is 1. The first kappa shape index (κ1) is 18.5. The number of benzene rings is 1. The summed E-state index contributed by atoms with van der Waals surface area (Å²) in [4.78, 5) is 16.2. The van der Waals surface area contributed by atoms with Gasteiger partial charge >= 0.3 is 0 Å². The van der Waals surface area contributed by atoms with Gasteiger partial charge in [0.15, 0.2) is 0 Å². The fraction of sp³-hybridized carbons (Fsp3) is 0.471. The van der Waals surface area contributed by atoms with Crippen LogP contribution < -0.4 is 5.32 Å². The molecule has 0 atom stereocenters. The maximum atomic E-state index is 12.3. The lowest BCUT2D eigenvalue weighted by atomic mass is 10.1. The molecule has 2 aromatic rings. The van der Waals surface area contributed by atoms with E-state index in [2.05, 4.69) is 15.4 Å². The van der Waals surface area contributed by atoms with Gasteiger partial charge in [0.25, 0.3) is 5.91 Å². The zero-order valence-electron chi connectivity index (χ0n) is 14.5. The van der Waals surface area contributed by atoms with Crippen LogP contribution in [-0.2, 0) is 16.6 Å². The normalized spacial score (nSPS) is 15.7. The number of sulfonamides is 1. The Morgan fingerprint density at radius 3 is 2.73 bits per heavy atom. The van der Waals surface area contributed by atoms with E-state index in [-0.39, 0.29) is 18.2 Å². The number of carbonyl (C=O) groups is 1. The van der Waals surface area contributed by atoms with Crippen molar-refractivity contribution in [2.24, 2.45) is 0 Å². The monoisotopic (exact) mass is 377 g/mol. The van der Waals surface area contributed by atoms with Crippen molar-refractivity contribution in [2.75, 3.05) is 25.4 Å². The largest absolute Gasteiger partial charge is 0.351 e. The molecule has 1 aliphatic rings. The van der Waals surface area contributed by atoms with Gasteiger partial charge in [-0.2, -0.15) is 5.10 Å². The molecule has 2 heterocycles. The van der Waals surface area contributed by atoms with E-state index in [1.807, 2.05) is 6.07 Å². The van der Waals surface area contributed by atoms with E-state index in [1.54, 1.807) is 29.2 Å². The number of nitrogens with zero attached hydrogens (tertiary/aromatic N) is 4. The third kappa shape index (κ3) is 4.89. The molecule has 0 unspecified atom stereocenters. The molecule has 1 saturated heterocycles. The lowest BCUT2D eigenvalue weighted by molar-refractivity contribution is 0.0956. The van der Waals surface area contributed by atoms with Gasteiger partial charge in [0.05, 0.1) is 12.3 Å². The Balaban J connectivity index is 1.53. The molecule has 0 saturated carbocycles. The molecule has 8 nitrogen and oxygen atoms in total. The molecule has 9 heteroatoms. The van der Waals surface area contributed by atoms with Crippen LogP contribution in [0.1, 0.15) is 35.2 Å². The summed E-state index contributed by atoms with van der Waals surface area (Å²) in [5.74, 6) is -0.350. The summed E-state index contributed by atoms with van der Waals surface area (Å²) in [7, 11) is -3.30. The summed E-state index contributed by atoms with van der Waals surface area (Å²) in [6.45, 7) is 1.79. The molecule has 1 aromatic heterocycles. The highest BCUT2D eigenvalue weighted by Gasteiger charge is 2.23. The van der Waals surface area contributed by atoms with E-state index < -0.39 is 10.0 Å². The number of carbonyl (C=O) groups excluding carboxylic acids is 1. The summed E-state index contributed by atoms with van der Waals surface area (Å²) >= 11 is 0. The Hall–Kier alpha value is -2.26. The Labute approximate surface area is 153 Å². The Morgan fingerprint density at radius 2 is 2.00 bits per heavy atom.